The van der Waals surface area contributed by atoms with Gasteiger partial charge in [-0.2, -0.15) is 0 Å². The van der Waals surface area contributed by atoms with Crippen LogP contribution in [0.4, 0.5) is 0 Å². The van der Waals surface area contributed by atoms with Crippen molar-refractivity contribution >= 4 is 49.8 Å². The van der Waals surface area contributed by atoms with E-state index in [-0.39, 0.29) is 0 Å². The van der Waals surface area contributed by atoms with E-state index in [2.05, 4.69) is 102 Å². The third-order valence-electron chi connectivity index (χ3n) is 8.48. The molecule has 0 fully saturated rings. The van der Waals surface area contributed by atoms with E-state index in [0.29, 0.717) is 5.82 Å². The molecule has 9 rings (SSSR count). The zero-order chi connectivity index (χ0) is 27.6. The number of benzene rings is 5. The number of hydrogen-bond acceptors (Lipinski definition) is 3. The summed E-state index contributed by atoms with van der Waals surface area (Å²) >= 11 is 0. The molecule has 0 saturated carbocycles. The lowest BCUT2D eigenvalue weighted by Gasteiger charge is -2.13. The van der Waals surface area contributed by atoms with Crippen LogP contribution in [0.15, 0.2) is 126 Å². The van der Waals surface area contributed by atoms with Crippen molar-refractivity contribution in [3.8, 4) is 28.3 Å². The van der Waals surface area contributed by atoms with Crippen LogP contribution in [0.25, 0.3) is 78.2 Å². The summed E-state index contributed by atoms with van der Waals surface area (Å²) in [4.78, 5) is 10.2. The molecular weight excluding hydrogens is 514 g/mol. The molecule has 198 valence electrons. The van der Waals surface area contributed by atoms with Gasteiger partial charge in [0.15, 0.2) is 5.82 Å². The van der Waals surface area contributed by atoms with Gasteiger partial charge in [0.05, 0.1) is 16.7 Å². The molecule has 0 aliphatic heterocycles. The van der Waals surface area contributed by atoms with Crippen LogP contribution in [0.2, 0.25) is 0 Å². The summed E-state index contributed by atoms with van der Waals surface area (Å²) in [6, 6.07) is 40.0. The molecule has 0 radical (unpaired) electrons. The van der Waals surface area contributed by atoms with Crippen molar-refractivity contribution in [3.05, 3.63) is 133 Å². The largest absolute Gasteiger partial charge is 0.456 e. The smallest absolute Gasteiger partial charge is 0.161 e. The highest BCUT2D eigenvalue weighted by molar-refractivity contribution is 6.12. The third-order valence-corrected chi connectivity index (χ3v) is 8.48. The molecule has 0 N–H and O–H groups in total. The van der Waals surface area contributed by atoms with E-state index >= 15 is 0 Å². The predicted molar refractivity (Wildman–Crippen MR) is 172 cm³/mol. The SMILES string of the molecule is C1=Cc2c(n(-c3ccc4c(c3)oc3cccc(-c5nc(-c6ccccc6)c6ccccc6n5)c34)c3ccccc23)CC1. The van der Waals surface area contributed by atoms with Gasteiger partial charge in [-0.05, 0) is 43.2 Å². The Morgan fingerprint density at radius 1 is 0.667 bits per heavy atom. The first kappa shape index (κ1) is 23.2. The molecule has 4 heteroatoms. The van der Waals surface area contributed by atoms with E-state index in [1.807, 2.05) is 30.3 Å². The molecule has 0 saturated heterocycles. The molecule has 5 aromatic carbocycles. The lowest BCUT2D eigenvalue weighted by Crippen LogP contribution is -2.02. The Morgan fingerprint density at radius 3 is 2.43 bits per heavy atom. The molecule has 3 aromatic heterocycles. The van der Waals surface area contributed by atoms with Crippen molar-refractivity contribution < 1.29 is 4.42 Å². The summed E-state index contributed by atoms with van der Waals surface area (Å²) in [5.41, 5.74) is 10.6. The second kappa shape index (κ2) is 9.02. The first-order chi connectivity index (χ1) is 20.8. The average molecular weight is 540 g/mol. The van der Waals surface area contributed by atoms with Crippen LogP contribution < -0.4 is 0 Å². The molecule has 3 heterocycles. The van der Waals surface area contributed by atoms with Gasteiger partial charge in [0, 0.05) is 55.7 Å². The Hall–Kier alpha value is -5.48. The molecule has 0 bridgehead atoms. The molecule has 8 aromatic rings. The zero-order valence-corrected chi connectivity index (χ0v) is 22.8. The highest BCUT2D eigenvalue weighted by Gasteiger charge is 2.21. The van der Waals surface area contributed by atoms with Gasteiger partial charge in [-0.3, -0.25) is 0 Å². The van der Waals surface area contributed by atoms with Crippen LogP contribution in [-0.2, 0) is 6.42 Å². The Bertz CT molecular complexity index is 2360. The van der Waals surface area contributed by atoms with Crippen molar-refractivity contribution in [3.63, 3.8) is 0 Å². The van der Waals surface area contributed by atoms with Gasteiger partial charge in [0.25, 0.3) is 0 Å². The summed E-state index contributed by atoms with van der Waals surface area (Å²) in [7, 11) is 0. The Balaban J connectivity index is 1.27. The van der Waals surface area contributed by atoms with E-state index in [1.54, 1.807) is 0 Å². The Kier molecular flexibility index (Phi) is 4.99. The molecule has 0 unspecified atom stereocenters. The van der Waals surface area contributed by atoms with Gasteiger partial charge in [-0.25, -0.2) is 9.97 Å². The Labute approximate surface area is 242 Å². The summed E-state index contributed by atoms with van der Waals surface area (Å²) in [5.74, 6) is 0.696. The second-order valence-corrected chi connectivity index (χ2v) is 10.9. The van der Waals surface area contributed by atoms with Crippen molar-refractivity contribution in [2.45, 2.75) is 12.8 Å². The maximum Gasteiger partial charge on any atom is 0.161 e. The summed E-state index contributed by atoms with van der Waals surface area (Å²) in [6.07, 6.45) is 6.63. The highest BCUT2D eigenvalue weighted by Crippen LogP contribution is 2.40. The molecule has 0 amide bonds. The van der Waals surface area contributed by atoms with Gasteiger partial charge >= 0.3 is 0 Å². The first-order valence-electron chi connectivity index (χ1n) is 14.4. The van der Waals surface area contributed by atoms with Gasteiger partial charge in [-0.15, -0.1) is 0 Å². The zero-order valence-electron chi connectivity index (χ0n) is 22.8. The van der Waals surface area contributed by atoms with Gasteiger partial charge in [0.2, 0.25) is 0 Å². The van der Waals surface area contributed by atoms with Gasteiger partial charge < -0.3 is 8.98 Å². The van der Waals surface area contributed by atoms with Crippen LogP contribution in [0.1, 0.15) is 17.7 Å². The van der Waals surface area contributed by atoms with Crippen molar-refractivity contribution in [2.24, 2.45) is 0 Å². The monoisotopic (exact) mass is 539 g/mol. The molecule has 1 aliphatic rings. The lowest BCUT2D eigenvalue weighted by molar-refractivity contribution is 0.668. The quantitative estimate of drug-likeness (QED) is 0.224. The van der Waals surface area contributed by atoms with Crippen LogP contribution in [-0.4, -0.2) is 14.5 Å². The number of rotatable bonds is 3. The number of furan rings is 1. The van der Waals surface area contributed by atoms with Crippen molar-refractivity contribution in [1.82, 2.24) is 14.5 Å². The topological polar surface area (TPSA) is 43.9 Å². The number of allylic oxidation sites excluding steroid dienone is 1. The maximum absolute atomic E-state index is 6.53. The minimum atomic E-state index is 0.696. The van der Waals surface area contributed by atoms with Crippen LogP contribution in [0, 0.1) is 0 Å². The fourth-order valence-electron chi connectivity index (χ4n) is 6.62. The highest BCUT2D eigenvalue weighted by atomic mass is 16.3. The predicted octanol–water partition coefficient (Wildman–Crippen LogP) is 9.77. The van der Waals surface area contributed by atoms with Gasteiger partial charge in [-0.1, -0.05) is 91.0 Å². The van der Waals surface area contributed by atoms with E-state index < -0.39 is 0 Å². The third kappa shape index (κ3) is 3.42. The van der Waals surface area contributed by atoms with Crippen LogP contribution in [0.5, 0.6) is 0 Å². The Morgan fingerprint density at radius 2 is 1.50 bits per heavy atom. The van der Waals surface area contributed by atoms with E-state index in [9.17, 15) is 0 Å². The van der Waals surface area contributed by atoms with E-state index in [1.165, 1.54) is 22.2 Å². The fourth-order valence-corrected chi connectivity index (χ4v) is 6.62. The average Bonchev–Trinajstić information content (AvgIpc) is 3.60. The summed E-state index contributed by atoms with van der Waals surface area (Å²) < 4.78 is 8.93. The molecule has 0 spiro atoms. The first-order valence-corrected chi connectivity index (χ1v) is 14.4. The number of fused-ring (bicyclic) bond motifs is 7. The molecule has 0 atom stereocenters. The number of hydrogen-bond donors (Lipinski definition) is 0. The van der Waals surface area contributed by atoms with Crippen LogP contribution in [0.3, 0.4) is 0 Å². The minimum Gasteiger partial charge on any atom is -0.456 e. The maximum atomic E-state index is 6.53. The fraction of sp³-hybridized carbons (Fsp3) is 0.0526. The second-order valence-electron chi connectivity index (χ2n) is 10.9. The molecular formula is C38H25N3O. The van der Waals surface area contributed by atoms with E-state index in [0.717, 1.165) is 68.2 Å². The summed E-state index contributed by atoms with van der Waals surface area (Å²) in [5, 5.41) is 4.43. The van der Waals surface area contributed by atoms with Crippen LogP contribution >= 0.6 is 0 Å². The number of nitrogens with zero attached hydrogens (tertiary/aromatic N) is 3. The van der Waals surface area contributed by atoms with Crippen molar-refractivity contribution in [1.29, 1.82) is 0 Å². The molecule has 4 nitrogen and oxygen atoms in total. The van der Waals surface area contributed by atoms with Gasteiger partial charge in [0.1, 0.15) is 11.2 Å². The minimum absolute atomic E-state index is 0.696. The molecule has 42 heavy (non-hydrogen) atoms. The number of aromatic nitrogens is 3. The summed E-state index contributed by atoms with van der Waals surface area (Å²) in [6.45, 7) is 0. The standard InChI is InChI=1S/C38H25N3O/c1-2-11-24(12-3-1)37-28-15-4-7-17-31(28)39-38(40-37)30-16-10-20-34-36(30)29-22-21-25(23-35(29)42-34)41-32-18-8-5-13-26(32)27-14-6-9-19-33(27)41/h1-8,10-18,20-23H,9,19H2. The molecule has 1 aliphatic carbocycles. The van der Waals surface area contributed by atoms with Crippen molar-refractivity contribution in [2.75, 3.05) is 0 Å². The number of para-hydroxylation sites is 2. The van der Waals surface area contributed by atoms with E-state index in [4.69, 9.17) is 14.4 Å². The lowest BCUT2D eigenvalue weighted by atomic mass is 10.0. The normalized spacial score (nSPS) is 13.0.